The molecule has 0 bridgehead atoms. The van der Waals surface area contributed by atoms with E-state index < -0.39 is 24.9 Å². The Morgan fingerprint density at radius 1 is 1.42 bits per heavy atom. The number of nitrogens with one attached hydrogen (secondary N) is 2. The lowest BCUT2D eigenvalue weighted by Gasteiger charge is -2.12. The molecule has 0 saturated carbocycles. The molecule has 2 N–H and O–H groups in total. The zero-order valence-corrected chi connectivity index (χ0v) is 15.5. The Labute approximate surface area is 156 Å². The van der Waals surface area contributed by atoms with E-state index in [1.807, 2.05) is 5.38 Å². The van der Waals surface area contributed by atoms with E-state index in [1.165, 1.54) is 12.8 Å². The van der Waals surface area contributed by atoms with Gasteiger partial charge in [0.1, 0.15) is 0 Å². The summed E-state index contributed by atoms with van der Waals surface area (Å²) < 4.78 is 26.1. The molecule has 1 atom stereocenters. The molecular weight excluding hydrogens is 381 g/mol. The van der Waals surface area contributed by atoms with Crippen LogP contribution in [0.4, 0.5) is 13.9 Å². The third-order valence-electron chi connectivity index (χ3n) is 4.02. The summed E-state index contributed by atoms with van der Waals surface area (Å²) in [6.45, 7) is 2.12. The fraction of sp³-hybridized carbons (Fsp3) is 0.714. The van der Waals surface area contributed by atoms with Gasteiger partial charge in [0, 0.05) is 37.9 Å². The highest BCUT2D eigenvalue weighted by Gasteiger charge is 2.42. The van der Waals surface area contributed by atoms with Gasteiger partial charge in [-0.15, -0.1) is 36.2 Å². The van der Waals surface area contributed by atoms with Gasteiger partial charge >= 0.3 is 0 Å². The number of aromatic nitrogens is 1. The second-order valence-corrected chi connectivity index (χ2v) is 6.69. The van der Waals surface area contributed by atoms with Crippen molar-refractivity contribution in [1.82, 2.24) is 15.6 Å². The molecule has 2 aliphatic heterocycles. The quantitative estimate of drug-likeness (QED) is 0.792. The van der Waals surface area contributed by atoms with Gasteiger partial charge in [-0.1, -0.05) is 0 Å². The van der Waals surface area contributed by atoms with Crippen LogP contribution in [0.25, 0.3) is 0 Å². The third-order valence-corrected chi connectivity index (χ3v) is 4.97. The van der Waals surface area contributed by atoms with Gasteiger partial charge in [-0.05, 0) is 12.8 Å². The second-order valence-electron chi connectivity index (χ2n) is 5.85. The minimum Gasteiger partial charge on any atom is -0.354 e. The van der Waals surface area contributed by atoms with Crippen molar-refractivity contribution in [2.24, 2.45) is 0 Å². The summed E-state index contributed by atoms with van der Waals surface area (Å²) in [4.78, 5) is 18.6. The lowest BCUT2D eigenvalue weighted by molar-refractivity contribution is -0.123. The smallest absolute Gasteiger partial charge is 0.262 e. The molecule has 2 fully saturated rings. The van der Waals surface area contributed by atoms with E-state index in [9.17, 15) is 13.6 Å². The minimum atomic E-state index is -2.78. The fourth-order valence-electron chi connectivity index (χ4n) is 2.80. The first kappa shape index (κ1) is 21.3. The number of hydrogen-bond donors (Lipinski definition) is 2. The van der Waals surface area contributed by atoms with E-state index in [-0.39, 0.29) is 30.7 Å². The molecule has 24 heavy (non-hydrogen) atoms. The van der Waals surface area contributed by atoms with Crippen LogP contribution in [0.1, 0.15) is 25.0 Å². The molecule has 2 aliphatic rings. The maximum Gasteiger partial charge on any atom is 0.262 e. The summed E-state index contributed by atoms with van der Waals surface area (Å²) in [5, 5.41) is 8.30. The van der Waals surface area contributed by atoms with Crippen LogP contribution in [0.15, 0.2) is 5.38 Å². The highest BCUT2D eigenvalue weighted by Crippen LogP contribution is 2.25. The summed E-state index contributed by atoms with van der Waals surface area (Å²) in [7, 11) is 0. The first-order chi connectivity index (χ1) is 10.5. The van der Waals surface area contributed by atoms with Gasteiger partial charge in [0.25, 0.3) is 5.92 Å². The average molecular weight is 403 g/mol. The summed E-state index contributed by atoms with van der Waals surface area (Å²) in [5.41, 5.74) is 0.942. The van der Waals surface area contributed by atoms with Gasteiger partial charge in [-0.2, -0.15) is 0 Å². The van der Waals surface area contributed by atoms with Crippen LogP contribution in [0, 0.1) is 0 Å². The summed E-state index contributed by atoms with van der Waals surface area (Å²) in [5.74, 6) is -3.13. The minimum absolute atomic E-state index is 0. The van der Waals surface area contributed by atoms with E-state index in [4.69, 9.17) is 0 Å². The first-order valence-corrected chi connectivity index (χ1v) is 8.50. The normalized spacial score (nSPS) is 21.9. The van der Waals surface area contributed by atoms with E-state index in [0.29, 0.717) is 13.0 Å². The number of carbonyl (C=O) groups is 1. The number of anilines is 1. The van der Waals surface area contributed by atoms with Crippen LogP contribution in [-0.4, -0.2) is 49.0 Å². The van der Waals surface area contributed by atoms with Gasteiger partial charge in [0.15, 0.2) is 5.13 Å². The second kappa shape index (κ2) is 9.12. The molecule has 10 heteroatoms. The molecule has 138 valence electrons. The van der Waals surface area contributed by atoms with Crippen LogP contribution < -0.4 is 15.5 Å². The fourth-order valence-corrected chi connectivity index (χ4v) is 3.72. The van der Waals surface area contributed by atoms with Crippen molar-refractivity contribution < 1.29 is 13.6 Å². The number of rotatable bonds is 5. The molecular formula is C14H22Cl2F2N4OS. The Balaban J connectivity index is 0.00000144. The van der Waals surface area contributed by atoms with Crippen molar-refractivity contribution in [2.75, 3.05) is 31.1 Å². The predicted octanol–water partition coefficient (Wildman–Crippen LogP) is 2.24. The molecule has 0 aliphatic carbocycles. The van der Waals surface area contributed by atoms with Crippen LogP contribution in [0.5, 0.6) is 0 Å². The number of nitrogens with zero attached hydrogens (tertiary/aromatic N) is 2. The van der Waals surface area contributed by atoms with E-state index >= 15 is 0 Å². The number of thiazole rings is 1. The van der Waals surface area contributed by atoms with Crippen molar-refractivity contribution in [3.63, 3.8) is 0 Å². The molecule has 0 radical (unpaired) electrons. The Morgan fingerprint density at radius 3 is 2.75 bits per heavy atom. The predicted molar refractivity (Wildman–Crippen MR) is 96.1 cm³/mol. The van der Waals surface area contributed by atoms with Gasteiger partial charge in [-0.25, -0.2) is 13.8 Å². The van der Waals surface area contributed by atoms with Crippen molar-refractivity contribution in [1.29, 1.82) is 0 Å². The van der Waals surface area contributed by atoms with Crippen LogP contribution in [-0.2, 0) is 11.2 Å². The van der Waals surface area contributed by atoms with Crippen molar-refractivity contribution in [3.05, 3.63) is 11.1 Å². The molecule has 3 rings (SSSR count). The topological polar surface area (TPSA) is 57.3 Å². The zero-order valence-electron chi connectivity index (χ0n) is 13.1. The third kappa shape index (κ3) is 5.40. The maximum absolute atomic E-state index is 13.0. The number of amides is 1. The monoisotopic (exact) mass is 402 g/mol. The molecule has 1 aromatic heterocycles. The van der Waals surface area contributed by atoms with Crippen molar-refractivity contribution in [3.8, 4) is 0 Å². The largest absolute Gasteiger partial charge is 0.354 e. The standard InChI is InChI=1S/C14H20F2N4OS.2ClH/c15-14(16)7-11(18-9-14)12(21)17-4-3-10-8-22-13(19-10)20-5-1-2-6-20;;/h8,11,18H,1-7,9H2,(H,17,21);2*1H. The van der Waals surface area contributed by atoms with Crippen molar-refractivity contribution >= 4 is 47.2 Å². The SMILES string of the molecule is Cl.Cl.O=C(NCCc1csc(N2CCCC2)n1)C1CC(F)(F)CN1. The highest BCUT2D eigenvalue weighted by molar-refractivity contribution is 7.13. The van der Waals surface area contributed by atoms with Gasteiger partial charge in [0.05, 0.1) is 18.3 Å². The van der Waals surface area contributed by atoms with Gasteiger partial charge in [-0.3, -0.25) is 10.1 Å². The Kier molecular flexibility index (Phi) is 8.11. The van der Waals surface area contributed by atoms with Crippen LogP contribution >= 0.6 is 36.2 Å². The number of halogens is 4. The van der Waals surface area contributed by atoms with E-state index in [0.717, 1.165) is 23.9 Å². The van der Waals surface area contributed by atoms with E-state index in [1.54, 1.807) is 11.3 Å². The number of hydrogen-bond acceptors (Lipinski definition) is 5. The summed E-state index contributed by atoms with van der Waals surface area (Å²) in [6, 6.07) is -0.786. The average Bonchev–Trinajstić information content (AvgIpc) is 3.17. The molecule has 0 aromatic carbocycles. The van der Waals surface area contributed by atoms with E-state index in [2.05, 4.69) is 20.5 Å². The summed E-state index contributed by atoms with van der Waals surface area (Å²) >= 11 is 1.62. The Hall–Kier alpha value is -0.700. The maximum atomic E-state index is 13.0. The molecule has 0 spiro atoms. The zero-order chi connectivity index (χ0) is 15.6. The van der Waals surface area contributed by atoms with Gasteiger partial charge in [0.2, 0.25) is 5.91 Å². The van der Waals surface area contributed by atoms with Crippen LogP contribution in [0.2, 0.25) is 0 Å². The lowest BCUT2D eigenvalue weighted by Crippen LogP contribution is -2.41. The number of carbonyl (C=O) groups excluding carboxylic acids is 1. The van der Waals surface area contributed by atoms with Crippen LogP contribution in [0.3, 0.4) is 0 Å². The molecule has 3 heterocycles. The lowest BCUT2D eigenvalue weighted by atomic mass is 10.2. The molecule has 5 nitrogen and oxygen atoms in total. The highest BCUT2D eigenvalue weighted by atomic mass is 35.5. The van der Waals surface area contributed by atoms with Crippen molar-refractivity contribution in [2.45, 2.75) is 37.6 Å². The number of alkyl halides is 2. The molecule has 2 saturated heterocycles. The molecule has 1 aromatic rings. The Bertz CT molecular complexity index is 541. The first-order valence-electron chi connectivity index (χ1n) is 7.62. The molecule has 1 unspecified atom stereocenters. The molecule has 1 amide bonds. The van der Waals surface area contributed by atoms with Gasteiger partial charge < -0.3 is 10.2 Å². The summed E-state index contributed by atoms with van der Waals surface area (Å²) in [6.07, 6.45) is 2.63. The Morgan fingerprint density at radius 2 is 2.12 bits per heavy atom.